The number of amides is 2. The minimum atomic E-state index is -0.245. The number of hydrogen-bond donors (Lipinski definition) is 2. The van der Waals surface area contributed by atoms with Crippen LogP contribution in [0.25, 0.3) is 0 Å². The van der Waals surface area contributed by atoms with E-state index in [1.54, 1.807) is 31.2 Å². The Hall–Kier alpha value is -2.99. The van der Waals surface area contributed by atoms with Crippen molar-refractivity contribution >= 4 is 28.3 Å². The zero-order valence-electron chi connectivity index (χ0n) is 13.7. The average molecular weight is 351 g/mol. The van der Waals surface area contributed by atoms with E-state index in [4.69, 9.17) is 0 Å². The normalized spacial score (nSPS) is 10.3. The van der Waals surface area contributed by atoms with Crippen LogP contribution in [0.2, 0.25) is 0 Å². The van der Waals surface area contributed by atoms with E-state index in [2.05, 4.69) is 15.6 Å². The molecule has 2 N–H and O–H groups in total. The van der Waals surface area contributed by atoms with Gasteiger partial charge in [0.2, 0.25) is 0 Å². The third-order valence-corrected chi connectivity index (χ3v) is 4.63. The lowest BCUT2D eigenvalue weighted by atomic mass is 10.2. The first-order valence-corrected chi connectivity index (χ1v) is 8.61. The van der Waals surface area contributed by atoms with Crippen LogP contribution in [0.1, 0.15) is 31.3 Å². The van der Waals surface area contributed by atoms with Crippen molar-refractivity contribution in [3.05, 3.63) is 82.4 Å². The van der Waals surface area contributed by atoms with E-state index >= 15 is 0 Å². The molecule has 0 spiro atoms. The maximum absolute atomic E-state index is 12.4. The van der Waals surface area contributed by atoms with E-state index in [1.165, 1.54) is 11.3 Å². The van der Waals surface area contributed by atoms with Gasteiger partial charge in [0.05, 0.1) is 5.69 Å². The third-order valence-electron chi connectivity index (χ3n) is 3.56. The molecule has 6 heteroatoms. The van der Waals surface area contributed by atoms with Gasteiger partial charge in [-0.2, -0.15) is 0 Å². The van der Waals surface area contributed by atoms with Crippen molar-refractivity contribution in [1.82, 2.24) is 10.3 Å². The molecule has 0 fully saturated rings. The van der Waals surface area contributed by atoms with Gasteiger partial charge in [0.15, 0.2) is 5.13 Å². The summed E-state index contributed by atoms with van der Waals surface area (Å²) in [7, 11) is 0. The minimum absolute atomic E-state index is 0.195. The second kappa shape index (κ2) is 7.72. The standard InChI is InChI=1S/C19H17N3O2S/c1-13-16(18(24)20-12-14-8-4-2-5-9-14)25-19(21-13)22-17(23)15-10-6-3-7-11-15/h2-11H,12H2,1H3,(H,20,24)(H,21,22,23). The quantitative estimate of drug-likeness (QED) is 0.737. The Kier molecular flexibility index (Phi) is 5.20. The van der Waals surface area contributed by atoms with Crippen LogP contribution in [0, 0.1) is 6.92 Å². The fraction of sp³-hybridized carbons (Fsp3) is 0.105. The molecule has 0 aliphatic heterocycles. The van der Waals surface area contributed by atoms with Crippen LogP contribution in [-0.2, 0) is 6.54 Å². The lowest BCUT2D eigenvalue weighted by molar-refractivity contribution is 0.0953. The number of nitrogens with zero attached hydrogens (tertiary/aromatic N) is 1. The molecule has 3 rings (SSSR count). The molecular weight excluding hydrogens is 334 g/mol. The van der Waals surface area contributed by atoms with E-state index in [0.29, 0.717) is 27.8 Å². The molecule has 126 valence electrons. The largest absolute Gasteiger partial charge is 0.347 e. The summed E-state index contributed by atoms with van der Waals surface area (Å²) in [6.45, 7) is 2.20. The highest BCUT2D eigenvalue weighted by atomic mass is 32.1. The summed E-state index contributed by atoms with van der Waals surface area (Å²) in [6, 6.07) is 18.6. The number of rotatable bonds is 5. The molecule has 0 bridgehead atoms. The van der Waals surface area contributed by atoms with Crippen LogP contribution in [0.5, 0.6) is 0 Å². The van der Waals surface area contributed by atoms with Gasteiger partial charge in [0.1, 0.15) is 4.88 Å². The predicted molar refractivity (Wildman–Crippen MR) is 98.9 cm³/mol. The number of hydrogen-bond acceptors (Lipinski definition) is 4. The number of carbonyl (C=O) groups is 2. The molecule has 0 saturated heterocycles. The summed E-state index contributed by atoms with van der Waals surface area (Å²) in [6.07, 6.45) is 0. The van der Waals surface area contributed by atoms with Gasteiger partial charge in [-0.1, -0.05) is 59.9 Å². The molecular formula is C19H17N3O2S. The van der Waals surface area contributed by atoms with Gasteiger partial charge in [-0.05, 0) is 24.6 Å². The summed E-state index contributed by atoms with van der Waals surface area (Å²) >= 11 is 1.17. The fourth-order valence-corrected chi connectivity index (χ4v) is 3.16. The summed E-state index contributed by atoms with van der Waals surface area (Å²) in [5.41, 5.74) is 2.17. The van der Waals surface area contributed by atoms with E-state index in [1.807, 2.05) is 36.4 Å². The molecule has 5 nitrogen and oxygen atoms in total. The maximum atomic E-state index is 12.4. The molecule has 3 aromatic rings. The van der Waals surface area contributed by atoms with Crippen LogP contribution in [0.4, 0.5) is 5.13 Å². The van der Waals surface area contributed by atoms with Gasteiger partial charge < -0.3 is 5.32 Å². The second-order valence-corrected chi connectivity index (χ2v) is 6.42. The van der Waals surface area contributed by atoms with E-state index < -0.39 is 0 Å². The molecule has 0 atom stereocenters. The molecule has 1 aromatic heterocycles. The first kappa shape index (κ1) is 16.9. The Balaban J connectivity index is 1.65. The Labute approximate surface area is 149 Å². The van der Waals surface area contributed by atoms with Crippen LogP contribution < -0.4 is 10.6 Å². The summed E-state index contributed by atoms with van der Waals surface area (Å²) in [4.78, 5) is 29.3. The lowest BCUT2D eigenvalue weighted by Crippen LogP contribution is -2.22. The van der Waals surface area contributed by atoms with Gasteiger partial charge >= 0.3 is 0 Å². The Morgan fingerprint density at radius 1 is 0.960 bits per heavy atom. The van der Waals surface area contributed by atoms with Gasteiger partial charge in [-0.3, -0.25) is 14.9 Å². The van der Waals surface area contributed by atoms with Crippen LogP contribution in [-0.4, -0.2) is 16.8 Å². The summed E-state index contributed by atoms with van der Waals surface area (Å²) in [5, 5.41) is 6.02. The van der Waals surface area contributed by atoms with Crippen LogP contribution in [0.3, 0.4) is 0 Å². The average Bonchev–Trinajstić information content (AvgIpc) is 3.01. The van der Waals surface area contributed by atoms with Crippen molar-refractivity contribution in [2.75, 3.05) is 5.32 Å². The highest BCUT2D eigenvalue weighted by Gasteiger charge is 2.16. The zero-order valence-corrected chi connectivity index (χ0v) is 14.5. The Bertz CT molecular complexity index is 876. The van der Waals surface area contributed by atoms with Crippen molar-refractivity contribution in [3.8, 4) is 0 Å². The van der Waals surface area contributed by atoms with Gasteiger partial charge in [-0.25, -0.2) is 4.98 Å². The molecule has 2 aromatic carbocycles. The molecule has 2 amide bonds. The highest BCUT2D eigenvalue weighted by Crippen LogP contribution is 2.23. The van der Waals surface area contributed by atoms with Crippen molar-refractivity contribution in [1.29, 1.82) is 0 Å². The van der Waals surface area contributed by atoms with Crippen molar-refractivity contribution in [2.24, 2.45) is 0 Å². The van der Waals surface area contributed by atoms with Crippen molar-refractivity contribution in [3.63, 3.8) is 0 Å². The lowest BCUT2D eigenvalue weighted by Gasteiger charge is -2.03. The smallest absolute Gasteiger partial charge is 0.263 e. The Morgan fingerprint density at radius 2 is 1.60 bits per heavy atom. The van der Waals surface area contributed by atoms with Crippen molar-refractivity contribution in [2.45, 2.75) is 13.5 Å². The first-order valence-electron chi connectivity index (χ1n) is 7.79. The van der Waals surface area contributed by atoms with Gasteiger partial charge in [0, 0.05) is 12.1 Å². The molecule has 0 unspecified atom stereocenters. The fourth-order valence-electron chi connectivity index (χ4n) is 2.28. The molecule has 1 heterocycles. The maximum Gasteiger partial charge on any atom is 0.263 e. The summed E-state index contributed by atoms with van der Waals surface area (Å²) in [5.74, 6) is -0.440. The number of nitrogens with one attached hydrogen (secondary N) is 2. The number of anilines is 1. The van der Waals surface area contributed by atoms with E-state index in [0.717, 1.165) is 5.56 Å². The van der Waals surface area contributed by atoms with Crippen molar-refractivity contribution < 1.29 is 9.59 Å². The number of thiazole rings is 1. The van der Waals surface area contributed by atoms with Crippen LogP contribution >= 0.6 is 11.3 Å². The summed E-state index contributed by atoms with van der Waals surface area (Å²) < 4.78 is 0. The zero-order chi connectivity index (χ0) is 17.6. The first-order chi connectivity index (χ1) is 12.1. The minimum Gasteiger partial charge on any atom is -0.347 e. The number of aromatic nitrogens is 1. The topological polar surface area (TPSA) is 71.1 Å². The van der Waals surface area contributed by atoms with E-state index in [9.17, 15) is 9.59 Å². The second-order valence-electron chi connectivity index (χ2n) is 5.42. The Morgan fingerprint density at radius 3 is 2.28 bits per heavy atom. The monoisotopic (exact) mass is 351 g/mol. The number of aryl methyl sites for hydroxylation is 1. The SMILES string of the molecule is Cc1nc(NC(=O)c2ccccc2)sc1C(=O)NCc1ccccc1. The van der Waals surface area contributed by atoms with Gasteiger partial charge in [0.25, 0.3) is 11.8 Å². The number of carbonyl (C=O) groups excluding carboxylic acids is 2. The molecule has 25 heavy (non-hydrogen) atoms. The van der Waals surface area contributed by atoms with E-state index in [-0.39, 0.29) is 11.8 Å². The molecule has 0 aliphatic carbocycles. The number of benzene rings is 2. The molecule has 0 aliphatic rings. The molecule has 0 radical (unpaired) electrons. The predicted octanol–water partition coefficient (Wildman–Crippen LogP) is 3.63. The highest BCUT2D eigenvalue weighted by molar-refractivity contribution is 7.17. The van der Waals surface area contributed by atoms with Gasteiger partial charge in [-0.15, -0.1) is 0 Å². The molecule has 0 saturated carbocycles. The van der Waals surface area contributed by atoms with Crippen LogP contribution in [0.15, 0.2) is 60.7 Å². The third kappa shape index (κ3) is 4.30.